The van der Waals surface area contributed by atoms with Crippen molar-refractivity contribution in [3.8, 4) is 11.5 Å². The molecule has 0 spiro atoms. The van der Waals surface area contributed by atoms with Crippen molar-refractivity contribution in [1.29, 1.82) is 0 Å². The zero-order valence-corrected chi connectivity index (χ0v) is 18.3. The highest BCUT2D eigenvalue weighted by atomic mass is 32.2. The normalized spacial score (nSPS) is 20.8. The van der Waals surface area contributed by atoms with Gasteiger partial charge in [0.1, 0.15) is 23.7 Å². The summed E-state index contributed by atoms with van der Waals surface area (Å²) in [5.41, 5.74) is -0.724. The van der Waals surface area contributed by atoms with E-state index in [0.29, 0.717) is 17.3 Å². The van der Waals surface area contributed by atoms with Crippen molar-refractivity contribution < 1.29 is 42.0 Å². The molecule has 174 valence electrons. The van der Waals surface area contributed by atoms with Crippen LogP contribution in [0, 0.1) is 6.92 Å². The molecular formula is C22H23F3O6S. The van der Waals surface area contributed by atoms with Gasteiger partial charge in [-0.15, -0.1) is 11.8 Å². The highest BCUT2D eigenvalue weighted by Gasteiger charge is 2.41. The lowest BCUT2D eigenvalue weighted by molar-refractivity contribution is -0.139. The van der Waals surface area contributed by atoms with Gasteiger partial charge in [0.2, 0.25) is 0 Å². The number of carbonyl (C=O) groups is 1. The standard InChI is InChI=1S/C22H23F3O6S/c1-14-9-18(7-8-19(14)28-10-20(26)27)32-13-21(11-29-15(2)31-21)12-30-17-5-3-16(4-6-17)22(23,24)25/h3-9,15H,10-13H2,1-2H3,(H,26,27). The van der Waals surface area contributed by atoms with Crippen LogP contribution in [0.1, 0.15) is 18.1 Å². The first-order chi connectivity index (χ1) is 15.1. The highest BCUT2D eigenvalue weighted by molar-refractivity contribution is 7.99. The molecule has 10 heteroatoms. The van der Waals surface area contributed by atoms with Crippen molar-refractivity contribution in [2.45, 2.75) is 36.8 Å². The summed E-state index contributed by atoms with van der Waals surface area (Å²) in [7, 11) is 0. The van der Waals surface area contributed by atoms with Crippen LogP contribution in [-0.2, 0) is 20.4 Å². The fraction of sp³-hybridized carbons (Fsp3) is 0.409. The lowest BCUT2D eigenvalue weighted by atomic mass is 10.1. The van der Waals surface area contributed by atoms with Crippen molar-refractivity contribution in [2.24, 2.45) is 0 Å². The van der Waals surface area contributed by atoms with Crippen molar-refractivity contribution >= 4 is 17.7 Å². The van der Waals surface area contributed by atoms with Gasteiger partial charge in [-0.25, -0.2) is 4.79 Å². The number of aliphatic carboxylic acids is 1. The van der Waals surface area contributed by atoms with Crippen LogP contribution in [0.25, 0.3) is 0 Å². The minimum absolute atomic E-state index is 0.106. The monoisotopic (exact) mass is 472 g/mol. The molecule has 1 fully saturated rings. The average molecular weight is 472 g/mol. The molecule has 1 N–H and O–H groups in total. The Morgan fingerprint density at radius 3 is 2.50 bits per heavy atom. The Morgan fingerprint density at radius 1 is 1.22 bits per heavy atom. The number of carboxylic acids is 1. The molecule has 2 aromatic carbocycles. The summed E-state index contributed by atoms with van der Waals surface area (Å²) in [6.45, 7) is 3.56. The van der Waals surface area contributed by atoms with Gasteiger partial charge in [-0.1, -0.05) is 0 Å². The second-order valence-electron chi connectivity index (χ2n) is 7.39. The van der Waals surface area contributed by atoms with Gasteiger partial charge in [0.15, 0.2) is 12.9 Å². The largest absolute Gasteiger partial charge is 0.490 e. The molecule has 0 amide bonds. The predicted octanol–water partition coefficient (Wildman–Crippen LogP) is 4.78. The van der Waals surface area contributed by atoms with Crippen LogP contribution in [0.2, 0.25) is 0 Å². The maximum Gasteiger partial charge on any atom is 0.416 e. The number of carboxylic acid groups (broad SMARTS) is 1. The van der Waals surface area contributed by atoms with Gasteiger partial charge in [-0.2, -0.15) is 13.2 Å². The van der Waals surface area contributed by atoms with E-state index in [-0.39, 0.29) is 13.2 Å². The second-order valence-corrected chi connectivity index (χ2v) is 8.44. The number of alkyl halides is 3. The maximum absolute atomic E-state index is 12.7. The lowest BCUT2D eigenvalue weighted by Crippen LogP contribution is -2.41. The Bertz CT molecular complexity index is 934. The molecule has 2 atom stereocenters. The minimum atomic E-state index is -4.40. The van der Waals surface area contributed by atoms with E-state index in [2.05, 4.69) is 0 Å². The molecule has 6 nitrogen and oxygen atoms in total. The number of benzene rings is 2. The van der Waals surface area contributed by atoms with E-state index in [1.807, 2.05) is 19.1 Å². The van der Waals surface area contributed by atoms with Crippen LogP contribution in [0.5, 0.6) is 11.5 Å². The van der Waals surface area contributed by atoms with Crippen LogP contribution in [-0.4, -0.2) is 48.5 Å². The molecule has 0 radical (unpaired) electrons. The first-order valence-corrected chi connectivity index (χ1v) is 10.7. The van der Waals surface area contributed by atoms with Crippen molar-refractivity contribution in [1.82, 2.24) is 0 Å². The SMILES string of the molecule is Cc1cc(SCC2(COc3ccc(C(F)(F)F)cc3)COC(C)O2)ccc1OCC(=O)O. The van der Waals surface area contributed by atoms with E-state index in [0.717, 1.165) is 22.6 Å². The maximum atomic E-state index is 12.7. The van der Waals surface area contributed by atoms with Crippen molar-refractivity contribution in [3.63, 3.8) is 0 Å². The van der Waals surface area contributed by atoms with Crippen LogP contribution in [0.15, 0.2) is 47.4 Å². The molecule has 2 aromatic rings. The second kappa shape index (κ2) is 10.0. The van der Waals surface area contributed by atoms with Gasteiger partial charge >= 0.3 is 12.1 Å². The van der Waals surface area contributed by atoms with Crippen LogP contribution >= 0.6 is 11.8 Å². The van der Waals surface area contributed by atoms with Gasteiger partial charge in [-0.05, 0) is 61.9 Å². The van der Waals surface area contributed by atoms with E-state index in [4.69, 9.17) is 24.1 Å². The fourth-order valence-electron chi connectivity index (χ4n) is 3.07. The van der Waals surface area contributed by atoms with Gasteiger partial charge < -0.3 is 24.1 Å². The highest BCUT2D eigenvalue weighted by Crippen LogP contribution is 2.34. The predicted molar refractivity (Wildman–Crippen MR) is 111 cm³/mol. The van der Waals surface area contributed by atoms with Crippen LogP contribution in [0.3, 0.4) is 0 Å². The van der Waals surface area contributed by atoms with E-state index >= 15 is 0 Å². The molecule has 2 unspecified atom stereocenters. The van der Waals surface area contributed by atoms with E-state index in [1.165, 1.54) is 23.9 Å². The van der Waals surface area contributed by atoms with Gasteiger partial charge in [0, 0.05) is 10.6 Å². The van der Waals surface area contributed by atoms with Gasteiger partial charge in [0.05, 0.1) is 12.2 Å². The Labute approximate surface area is 187 Å². The minimum Gasteiger partial charge on any atom is -0.490 e. The van der Waals surface area contributed by atoms with Crippen molar-refractivity contribution in [2.75, 3.05) is 25.6 Å². The molecule has 0 bridgehead atoms. The number of hydrogen-bond donors (Lipinski definition) is 1. The molecule has 0 saturated carbocycles. The summed E-state index contributed by atoms with van der Waals surface area (Å²) < 4.78 is 60.7. The molecule has 1 heterocycles. The molecule has 1 aliphatic heterocycles. The number of ether oxygens (including phenoxy) is 4. The van der Waals surface area contributed by atoms with Gasteiger partial charge in [-0.3, -0.25) is 0 Å². The summed E-state index contributed by atoms with van der Waals surface area (Å²) in [6.07, 6.45) is -4.83. The summed E-state index contributed by atoms with van der Waals surface area (Å²) >= 11 is 1.50. The molecular weight excluding hydrogens is 449 g/mol. The van der Waals surface area contributed by atoms with E-state index in [9.17, 15) is 18.0 Å². The Balaban J connectivity index is 1.62. The van der Waals surface area contributed by atoms with E-state index < -0.39 is 36.2 Å². The van der Waals surface area contributed by atoms with E-state index in [1.54, 1.807) is 13.0 Å². The summed E-state index contributed by atoms with van der Waals surface area (Å²) in [5, 5.41) is 8.74. The van der Waals surface area contributed by atoms with Crippen LogP contribution < -0.4 is 9.47 Å². The Morgan fingerprint density at radius 2 is 1.94 bits per heavy atom. The molecule has 0 aromatic heterocycles. The Hall–Kier alpha value is -2.43. The summed E-state index contributed by atoms with van der Waals surface area (Å²) in [6, 6.07) is 9.92. The average Bonchev–Trinajstić information content (AvgIpc) is 3.11. The molecule has 3 rings (SSSR count). The Kier molecular flexibility index (Phi) is 7.58. The summed E-state index contributed by atoms with van der Waals surface area (Å²) in [4.78, 5) is 11.6. The first kappa shape index (κ1) is 24.2. The lowest BCUT2D eigenvalue weighted by Gasteiger charge is -2.27. The number of thioether (sulfide) groups is 1. The quantitative estimate of drug-likeness (QED) is 0.527. The number of rotatable bonds is 9. The zero-order chi connectivity index (χ0) is 23.4. The smallest absolute Gasteiger partial charge is 0.416 e. The van der Waals surface area contributed by atoms with Crippen LogP contribution in [0.4, 0.5) is 13.2 Å². The van der Waals surface area contributed by atoms with Crippen molar-refractivity contribution in [3.05, 3.63) is 53.6 Å². The zero-order valence-electron chi connectivity index (χ0n) is 17.5. The third-order valence-electron chi connectivity index (χ3n) is 4.68. The topological polar surface area (TPSA) is 74.2 Å². The number of aryl methyl sites for hydroxylation is 1. The summed E-state index contributed by atoms with van der Waals surface area (Å²) in [5.74, 6) is 0.227. The molecule has 32 heavy (non-hydrogen) atoms. The number of halogens is 3. The third-order valence-corrected chi connectivity index (χ3v) is 5.94. The molecule has 0 aliphatic carbocycles. The third kappa shape index (κ3) is 6.54. The first-order valence-electron chi connectivity index (χ1n) is 9.74. The molecule has 1 saturated heterocycles. The van der Waals surface area contributed by atoms with Gasteiger partial charge in [0.25, 0.3) is 0 Å². The number of hydrogen-bond acceptors (Lipinski definition) is 6. The molecule has 1 aliphatic rings. The fourth-order valence-corrected chi connectivity index (χ4v) is 4.15.